The first-order valence-electron chi connectivity index (χ1n) is 2.83. The number of rotatable bonds is 1. The van der Waals surface area contributed by atoms with Gasteiger partial charge in [-0.25, -0.2) is 0 Å². The fraction of sp³-hybridized carbons (Fsp3) is 0.167. The van der Waals surface area contributed by atoms with Gasteiger partial charge in [-0.1, -0.05) is 0 Å². The summed E-state index contributed by atoms with van der Waals surface area (Å²) >= 11 is 2.10. The Hall–Kier alpha value is -0.253. The molecule has 1 aromatic heterocycles. The third-order valence-electron chi connectivity index (χ3n) is 1.09. The van der Waals surface area contributed by atoms with Gasteiger partial charge in [0.2, 0.25) is 0 Å². The van der Waals surface area contributed by atoms with Crippen LogP contribution in [0.3, 0.4) is 0 Å². The molecule has 0 unspecified atom stereocenters. The third-order valence-corrected chi connectivity index (χ3v) is 1.09. The molecule has 2 heteroatoms. The van der Waals surface area contributed by atoms with E-state index in [-0.39, 0.29) is 0 Å². The van der Waals surface area contributed by atoms with Crippen LogP contribution in [0.4, 0.5) is 0 Å². The number of hydrogen-bond donors (Lipinski definition) is 0. The van der Waals surface area contributed by atoms with Crippen molar-refractivity contribution in [1.82, 2.24) is 4.98 Å². The number of hydrogen-bond acceptors (Lipinski definition) is 1. The monoisotopic (exact) mass is 99.1 g/mol. The van der Waals surface area contributed by atoms with Gasteiger partial charge in [0, 0.05) is 0 Å². The number of aromatic nitrogens is 1. The van der Waals surface area contributed by atoms with Crippen LogP contribution >= 0.6 is 0 Å². The van der Waals surface area contributed by atoms with Crippen molar-refractivity contribution in [2.45, 2.75) is 5.09 Å². The Morgan fingerprint density at radius 1 is 1.50 bits per heavy atom. The van der Waals surface area contributed by atoms with Crippen molar-refractivity contribution >= 4 is 17.7 Å². The second kappa shape index (κ2) is 2.91. The predicted molar refractivity (Wildman–Crippen MR) is 33.7 cm³/mol. The average molecular weight is 99.1 g/mol. The summed E-state index contributed by atoms with van der Waals surface area (Å²) in [6, 6.07) is 5.96. The van der Waals surface area contributed by atoms with Gasteiger partial charge in [0.1, 0.15) is 0 Å². The van der Waals surface area contributed by atoms with E-state index in [1.807, 2.05) is 24.4 Å². The van der Waals surface area contributed by atoms with Gasteiger partial charge >= 0.3 is 57.9 Å². The zero-order valence-electron chi connectivity index (χ0n) is 4.96. The summed E-state index contributed by atoms with van der Waals surface area (Å²) in [6.45, 7) is 0. The molecule has 0 amide bonds. The van der Waals surface area contributed by atoms with Gasteiger partial charge in [0.15, 0.2) is 0 Å². The Morgan fingerprint density at radius 2 is 2.38 bits per heavy atom. The first-order chi connectivity index (χ1) is 3.93. The van der Waals surface area contributed by atoms with Crippen molar-refractivity contribution in [3.8, 4) is 0 Å². The van der Waals surface area contributed by atoms with E-state index in [2.05, 4.69) is 22.7 Å². The van der Waals surface area contributed by atoms with Gasteiger partial charge in [-0.15, -0.1) is 0 Å². The molecule has 1 rings (SSSR count). The maximum atomic E-state index is 4.10. The molecule has 0 aliphatic carbocycles. The number of nitrogens with zero attached hydrogens (tertiary/aromatic N) is 1. The van der Waals surface area contributed by atoms with E-state index in [1.54, 1.807) is 0 Å². The molecular weight excluding hydrogens is 93.0 g/mol. The molecule has 0 atom stereocenters. The normalized spacial score (nSPS) is 9.25. The van der Waals surface area contributed by atoms with E-state index >= 15 is 0 Å². The van der Waals surface area contributed by atoms with Crippen LogP contribution in [0.5, 0.6) is 0 Å². The molecule has 1 heterocycles. The van der Waals surface area contributed by atoms with E-state index in [1.165, 1.54) is 0 Å². The maximum absolute atomic E-state index is 4.10. The van der Waals surface area contributed by atoms with Crippen LogP contribution in [0.25, 0.3) is 0 Å². The van der Waals surface area contributed by atoms with Crippen molar-refractivity contribution < 1.29 is 0 Å². The molecule has 0 N–H and O–H groups in total. The standard InChI is InChI=1S/C6H6N.Li/c1-6-4-2-3-5-7-6;/h2-5H,1H2;. The fourth-order valence-electron chi connectivity index (χ4n) is 0.607. The quantitative estimate of drug-likeness (QED) is 0.473. The Balaban J connectivity index is 2.83. The molecule has 0 saturated carbocycles. The van der Waals surface area contributed by atoms with Crippen LogP contribution < -0.4 is 0 Å². The zero-order chi connectivity index (χ0) is 5.82. The summed E-state index contributed by atoms with van der Waals surface area (Å²) in [5.74, 6) is 0. The van der Waals surface area contributed by atoms with Crippen LogP contribution in [0.2, 0.25) is 0 Å². The molecule has 0 aromatic carbocycles. The van der Waals surface area contributed by atoms with Crippen LogP contribution in [0.1, 0.15) is 5.69 Å². The van der Waals surface area contributed by atoms with E-state index in [0.717, 1.165) is 10.8 Å². The molecule has 1 nitrogen and oxygen atoms in total. The van der Waals surface area contributed by atoms with Crippen LogP contribution in [-0.4, -0.2) is 22.7 Å². The predicted octanol–water partition coefficient (Wildman–Crippen LogP) is 0.750. The van der Waals surface area contributed by atoms with E-state index in [9.17, 15) is 0 Å². The SMILES string of the molecule is [Li][CH2]c1ccccn1. The van der Waals surface area contributed by atoms with Gasteiger partial charge in [-0.2, -0.15) is 0 Å². The van der Waals surface area contributed by atoms with Gasteiger partial charge in [0.05, 0.1) is 0 Å². The molecule has 0 spiro atoms. The second-order valence-corrected chi connectivity index (χ2v) is 1.67. The summed E-state index contributed by atoms with van der Waals surface area (Å²) < 4.78 is 0. The molecule has 36 valence electrons. The van der Waals surface area contributed by atoms with Crippen LogP contribution in [0, 0.1) is 0 Å². The summed E-state index contributed by atoms with van der Waals surface area (Å²) in [5, 5.41) is 1.03. The molecule has 0 aliphatic heterocycles. The Bertz CT molecular complexity index is 150. The third kappa shape index (κ3) is 1.36. The van der Waals surface area contributed by atoms with Crippen molar-refractivity contribution in [2.75, 3.05) is 0 Å². The topological polar surface area (TPSA) is 12.9 Å². The van der Waals surface area contributed by atoms with Crippen molar-refractivity contribution in [2.24, 2.45) is 0 Å². The Morgan fingerprint density at radius 3 is 2.75 bits per heavy atom. The zero-order valence-corrected chi connectivity index (χ0v) is 4.96. The van der Waals surface area contributed by atoms with Crippen molar-refractivity contribution in [3.63, 3.8) is 0 Å². The van der Waals surface area contributed by atoms with Crippen LogP contribution in [0.15, 0.2) is 24.4 Å². The average Bonchev–Trinajstić information content (AvgIpc) is 1.90. The summed E-state index contributed by atoms with van der Waals surface area (Å²) in [4.78, 5) is 4.10. The van der Waals surface area contributed by atoms with Gasteiger partial charge in [0.25, 0.3) is 0 Å². The first-order valence-corrected chi connectivity index (χ1v) is 2.83. The molecule has 0 bridgehead atoms. The van der Waals surface area contributed by atoms with E-state index < -0.39 is 0 Å². The summed E-state index contributed by atoms with van der Waals surface area (Å²) in [5.41, 5.74) is 1.16. The van der Waals surface area contributed by atoms with Crippen LogP contribution in [-0.2, 0) is 5.09 Å². The Labute approximate surface area is 58.3 Å². The molecular formula is C6H6LiN. The number of pyridine rings is 1. The second-order valence-electron chi connectivity index (χ2n) is 1.67. The van der Waals surface area contributed by atoms with Gasteiger partial charge in [-0.05, 0) is 0 Å². The van der Waals surface area contributed by atoms with Crippen molar-refractivity contribution in [3.05, 3.63) is 30.1 Å². The van der Waals surface area contributed by atoms with E-state index in [4.69, 9.17) is 0 Å². The van der Waals surface area contributed by atoms with E-state index in [0.29, 0.717) is 0 Å². The molecule has 0 aliphatic rings. The summed E-state index contributed by atoms with van der Waals surface area (Å²) in [7, 11) is 0. The molecule has 0 radical (unpaired) electrons. The fourth-order valence-corrected chi connectivity index (χ4v) is 0.607. The Kier molecular flexibility index (Phi) is 2.14. The molecule has 0 fully saturated rings. The van der Waals surface area contributed by atoms with Gasteiger partial charge in [-0.3, -0.25) is 0 Å². The molecule has 0 saturated heterocycles. The molecule has 8 heavy (non-hydrogen) atoms. The van der Waals surface area contributed by atoms with Crippen molar-refractivity contribution in [1.29, 1.82) is 0 Å². The van der Waals surface area contributed by atoms with Gasteiger partial charge < -0.3 is 0 Å². The minimum absolute atomic E-state index is 1.03. The summed E-state index contributed by atoms with van der Waals surface area (Å²) in [6.07, 6.45) is 1.82. The first kappa shape index (κ1) is 5.88. The minimum atomic E-state index is 1.03. The molecule has 1 aromatic rings.